The molecule has 0 spiro atoms. The van der Waals surface area contributed by atoms with Gasteiger partial charge in [-0.3, -0.25) is 9.80 Å². The second-order valence-electron chi connectivity index (χ2n) is 12.2. The Kier molecular flexibility index (Phi) is 10.7. The van der Waals surface area contributed by atoms with E-state index in [1.54, 1.807) is 0 Å². The number of rotatable bonds is 12. The Morgan fingerprint density at radius 1 is 0.972 bits per heavy atom. The minimum atomic E-state index is -0.399. The molecule has 3 heterocycles. The largest absolute Gasteiger partial charge is 0.449 e. The van der Waals surface area contributed by atoms with Gasteiger partial charge < -0.3 is 29.7 Å². The summed E-state index contributed by atoms with van der Waals surface area (Å²) in [5, 5.41) is 6.05. The summed E-state index contributed by atoms with van der Waals surface area (Å²) in [7, 11) is 4.01. The maximum atomic E-state index is 12.6. The molecule has 4 aliphatic rings. The van der Waals surface area contributed by atoms with Gasteiger partial charge >= 0.3 is 12.2 Å². The van der Waals surface area contributed by atoms with E-state index in [4.69, 9.17) is 14.2 Å². The lowest BCUT2D eigenvalue weighted by atomic mass is 9.62. The van der Waals surface area contributed by atoms with Gasteiger partial charge in [0.15, 0.2) is 0 Å². The third-order valence-corrected chi connectivity index (χ3v) is 7.57. The summed E-state index contributed by atoms with van der Waals surface area (Å²) in [5.41, 5.74) is -0.0998. The zero-order chi connectivity index (χ0) is 26.2. The molecule has 10 heteroatoms. The monoisotopic (exact) mass is 511 g/mol. The van der Waals surface area contributed by atoms with Gasteiger partial charge in [0.2, 0.25) is 0 Å². The van der Waals surface area contributed by atoms with Crippen LogP contribution < -0.4 is 10.6 Å². The number of ether oxygens (including phenoxy) is 3. The SMILES string of the molecule is CN(C)CCOCCCOC(=O)NCC1(C)CC(NC(=O)OCC2CN3CCN2CC3)CC(C)(C)C1. The highest BCUT2D eigenvalue weighted by Gasteiger charge is 2.42. The van der Waals surface area contributed by atoms with Crippen LogP contribution in [0.3, 0.4) is 0 Å². The number of piperazine rings is 3. The maximum Gasteiger partial charge on any atom is 0.407 e. The van der Waals surface area contributed by atoms with Crippen LogP contribution in [0.1, 0.15) is 46.5 Å². The molecule has 1 saturated carbocycles. The Balaban J connectivity index is 1.35. The number of carbonyl (C=O) groups is 2. The van der Waals surface area contributed by atoms with E-state index in [9.17, 15) is 9.59 Å². The van der Waals surface area contributed by atoms with Crippen molar-refractivity contribution in [2.45, 2.75) is 58.5 Å². The van der Waals surface area contributed by atoms with Crippen LogP contribution in [0.25, 0.3) is 0 Å². The van der Waals surface area contributed by atoms with Crippen LogP contribution >= 0.6 is 0 Å². The molecule has 208 valence electrons. The Bertz CT molecular complexity index is 713. The number of hydrogen-bond acceptors (Lipinski definition) is 8. The number of fused-ring (bicyclic) bond motifs is 3. The van der Waals surface area contributed by atoms with E-state index in [-0.39, 0.29) is 23.0 Å². The summed E-state index contributed by atoms with van der Waals surface area (Å²) in [5.74, 6) is 0. The number of hydrogen-bond donors (Lipinski definition) is 2. The van der Waals surface area contributed by atoms with E-state index in [1.165, 1.54) is 0 Å². The minimum absolute atomic E-state index is 0.00949. The average molecular weight is 512 g/mol. The molecule has 3 aliphatic heterocycles. The first-order valence-electron chi connectivity index (χ1n) is 13.6. The predicted octanol–water partition coefficient (Wildman–Crippen LogP) is 1.99. The van der Waals surface area contributed by atoms with Crippen LogP contribution in [-0.2, 0) is 14.2 Å². The van der Waals surface area contributed by atoms with E-state index in [0.717, 1.165) is 58.5 Å². The molecule has 4 rings (SSSR count). The first-order chi connectivity index (χ1) is 17.0. The summed E-state index contributed by atoms with van der Waals surface area (Å²) < 4.78 is 16.5. The molecule has 2 bridgehead atoms. The van der Waals surface area contributed by atoms with Crippen molar-refractivity contribution in [2.75, 3.05) is 86.3 Å². The Morgan fingerprint density at radius 2 is 1.72 bits per heavy atom. The standard InChI is InChI=1S/C26H49N5O5/c1-25(2)15-21(28-24(33)36-18-22-17-30-7-9-31(22)10-8-30)16-26(3,19-25)20-27-23(32)35-13-6-12-34-14-11-29(4)5/h21-22H,6-20H2,1-5H3,(H,27,32)(H,28,33). The number of nitrogens with one attached hydrogen (secondary N) is 2. The van der Waals surface area contributed by atoms with E-state index < -0.39 is 6.09 Å². The molecule has 0 aromatic heterocycles. The summed E-state index contributed by atoms with van der Waals surface area (Å²) in [6, 6.07) is 0.307. The third kappa shape index (κ3) is 9.68. The van der Waals surface area contributed by atoms with Gasteiger partial charge in [-0.25, -0.2) is 9.59 Å². The highest BCUT2D eigenvalue weighted by atomic mass is 16.6. The molecule has 0 aromatic rings. The third-order valence-electron chi connectivity index (χ3n) is 7.57. The van der Waals surface area contributed by atoms with Crippen LogP contribution in [-0.4, -0.2) is 125 Å². The number of likely N-dealkylation sites (N-methyl/N-ethyl adjacent to an activating group) is 1. The molecule has 3 unspecified atom stereocenters. The fourth-order valence-corrected chi connectivity index (χ4v) is 6.14. The molecule has 3 saturated heterocycles. The topological polar surface area (TPSA) is 95.6 Å². The molecule has 0 aromatic carbocycles. The Hall–Kier alpha value is -1.62. The minimum Gasteiger partial charge on any atom is -0.449 e. The molecule has 2 amide bonds. The number of alkyl carbamates (subject to hydrolysis) is 2. The van der Waals surface area contributed by atoms with Gasteiger partial charge in [0.1, 0.15) is 6.61 Å². The maximum absolute atomic E-state index is 12.6. The lowest BCUT2D eigenvalue weighted by molar-refractivity contribution is -0.0160. The Labute approximate surface area is 217 Å². The fraction of sp³-hybridized carbons (Fsp3) is 0.923. The first kappa shape index (κ1) is 28.9. The molecule has 2 N–H and O–H groups in total. The fourth-order valence-electron chi connectivity index (χ4n) is 6.14. The average Bonchev–Trinajstić information content (AvgIpc) is 2.80. The van der Waals surface area contributed by atoms with Crippen LogP contribution in [0.4, 0.5) is 9.59 Å². The van der Waals surface area contributed by atoms with Crippen molar-refractivity contribution in [3.05, 3.63) is 0 Å². The van der Waals surface area contributed by atoms with Crippen LogP contribution in [0.15, 0.2) is 0 Å². The van der Waals surface area contributed by atoms with Gasteiger partial charge in [-0.15, -0.1) is 0 Å². The zero-order valence-corrected chi connectivity index (χ0v) is 23.1. The smallest absolute Gasteiger partial charge is 0.407 e. The number of amides is 2. The van der Waals surface area contributed by atoms with Gasteiger partial charge in [0.05, 0.1) is 19.3 Å². The summed E-state index contributed by atoms with van der Waals surface area (Å²) in [4.78, 5) is 31.8. The van der Waals surface area contributed by atoms with E-state index in [2.05, 4.69) is 46.1 Å². The normalized spacial score (nSPS) is 31.2. The highest BCUT2D eigenvalue weighted by Crippen LogP contribution is 2.45. The van der Waals surface area contributed by atoms with Crippen LogP contribution in [0.2, 0.25) is 0 Å². The summed E-state index contributed by atoms with van der Waals surface area (Å²) >= 11 is 0. The lowest BCUT2D eigenvalue weighted by Gasteiger charge is -2.47. The van der Waals surface area contributed by atoms with Crippen molar-refractivity contribution in [1.82, 2.24) is 25.3 Å². The molecule has 4 fully saturated rings. The van der Waals surface area contributed by atoms with Crippen LogP contribution in [0, 0.1) is 10.8 Å². The summed E-state index contributed by atoms with van der Waals surface area (Å²) in [6.45, 7) is 15.4. The molecule has 3 atom stereocenters. The molecule has 1 aliphatic carbocycles. The molecule has 0 radical (unpaired) electrons. The number of nitrogens with zero attached hydrogens (tertiary/aromatic N) is 3. The van der Waals surface area contributed by atoms with E-state index in [0.29, 0.717) is 45.4 Å². The zero-order valence-electron chi connectivity index (χ0n) is 23.1. The van der Waals surface area contributed by atoms with Gasteiger partial charge in [-0.2, -0.15) is 0 Å². The van der Waals surface area contributed by atoms with Gasteiger partial charge in [0.25, 0.3) is 0 Å². The van der Waals surface area contributed by atoms with Crippen molar-refractivity contribution in [3.63, 3.8) is 0 Å². The highest BCUT2D eigenvalue weighted by molar-refractivity contribution is 5.68. The van der Waals surface area contributed by atoms with Crippen molar-refractivity contribution >= 4 is 12.2 Å². The molecule has 36 heavy (non-hydrogen) atoms. The molecular formula is C26H49N5O5. The van der Waals surface area contributed by atoms with Gasteiger partial charge in [-0.1, -0.05) is 20.8 Å². The predicted molar refractivity (Wildman–Crippen MR) is 139 cm³/mol. The quantitative estimate of drug-likeness (QED) is 0.384. The van der Waals surface area contributed by atoms with Crippen molar-refractivity contribution in [2.24, 2.45) is 10.8 Å². The van der Waals surface area contributed by atoms with Crippen molar-refractivity contribution in [3.8, 4) is 0 Å². The number of carbonyl (C=O) groups excluding carboxylic acids is 2. The van der Waals surface area contributed by atoms with Crippen LogP contribution in [0.5, 0.6) is 0 Å². The van der Waals surface area contributed by atoms with E-state index >= 15 is 0 Å². The molecule has 10 nitrogen and oxygen atoms in total. The van der Waals surface area contributed by atoms with Gasteiger partial charge in [0, 0.05) is 64.9 Å². The van der Waals surface area contributed by atoms with Crippen molar-refractivity contribution < 1.29 is 23.8 Å². The Morgan fingerprint density at radius 3 is 2.39 bits per heavy atom. The second-order valence-corrected chi connectivity index (χ2v) is 12.2. The van der Waals surface area contributed by atoms with E-state index in [1.807, 2.05) is 14.1 Å². The second kappa shape index (κ2) is 13.3. The van der Waals surface area contributed by atoms with Crippen molar-refractivity contribution in [1.29, 1.82) is 0 Å². The summed E-state index contributed by atoms with van der Waals surface area (Å²) in [6.07, 6.45) is 2.58. The first-order valence-corrected chi connectivity index (χ1v) is 13.6. The van der Waals surface area contributed by atoms with Gasteiger partial charge in [-0.05, 0) is 44.2 Å². The lowest BCUT2D eigenvalue weighted by Crippen LogP contribution is -2.62. The molecular weight excluding hydrogens is 462 g/mol.